The van der Waals surface area contributed by atoms with Crippen LogP contribution in [0.4, 0.5) is 23.0 Å². The lowest BCUT2D eigenvalue weighted by molar-refractivity contribution is -0.123. The number of hydrogen-bond acceptors (Lipinski definition) is 9. The van der Waals surface area contributed by atoms with Gasteiger partial charge in [-0.15, -0.1) is 0 Å². The molecule has 5 rings (SSSR count). The van der Waals surface area contributed by atoms with Gasteiger partial charge in [-0.2, -0.15) is 0 Å². The number of ether oxygens (including phenoxy) is 2. The van der Waals surface area contributed by atoms with Gasteiger partial charge in [0.25, 0.3) is 0 Å². The summed E-state index contributed by atoms with van der Waals surface area (Å²) in [5, 5.41) is 16.9. The smallest absolute Gasteiger partial charge is 0.163 e. The second kappa shape index (κ2) is 11.4. The zero-order valence-corrected chi connectivity index (χ0v) is 19.6. The highest BCUT2D eigenvalue weighted by atomic mass is 16.5. The molecule has 9 nitrogen and oxygen atoms in total. The fourth-order valence-corrected chi connectivity index (χ4v) is 4.62. The molecular formula is C27H33N5O4. The number of aromatic nitrogens is 2. The van der Waals surface area contributed by atoms with Crippen LogP contribution in [0.25, 0.3) is 0 Å². The van der Waals surface area contributed by atoms with Crippen molar-refractivity contribution in [3.05, 3.63) is 60.4 Å². The molecule has 1 aromatic heterocycles. The third-order valence-electron chi connectivity index (χ3n) is 6.27. The summed E-state index contributed by atoms with van der Waals surface area (Å²) < 4.78 is 11.4. The lowest BCUT2D eigenvalue weighted by atomic mass is 10.0. The average molecular weight is 492 g/mol. The van der Waals surface area contributed by atoms with Gasteiger partial charge in [0.1, 0.15) is 23.7 Å². The van der Waals surface area contributed by atoms with Crippen molar-refractivity contribution in [3.8, 4) is 11.5 Å². The van der Waals surface area contributed by atoms with E-state index in [1.807, 2.05) is 48.5 Å². The van der Waals surface area contributed by atoms with E-state index in [9.17, 15) is 9.90 Å². The molecule has 6 bridgehead atoms. The molecule has 1 fully saturated rings. The van der Waals surface area contributed by atoms with Crippen LogP contribution in [0.5, 0.6) is 11.5 Å². The Labute approximate surface area is 211 Å². The fraction of sp³-hybridized carbons (Fsp3) is 0.370. The van der Waals surface area contributed by atoms with Crippen molar-refractivity contribution in [3.63, 3.8) is 0 Å². The van der Waals surface area contributed by atoms with Crippen LogP contribution in [0.1, 0.15) is 32.3 Å². The normalized spacial score (nSPS) is 20.2. The highest BCUT2D eigenvalue weighted by molar-refractivity contribution is 5.84. The number of benzene rings is 2. The Hall–Kier alpha value is -3.69. The van der Waals surface area contributed by atoms with E-state index >= 15 is 0 Å². The second-order valence-electron chi connectivity index (χ2n) is 8.86. The van der Waals surface area contributed by atoms with Crippen molar-refractivity contribution in [2.75, 3.05) is 30.9 Å². The minimum atomic E-state index is -0.502. The maximum absolute atomic E-state index is 13.0. The van der Waals surface area contributed by atoms with E-state index in [0.29, 0.717) is 62.1 Å². The summed E-state index contributed by atoms with van der Waals surface area (Å²) in [5.41, 5.74) is 2.73. The Kier molecular flexibility index (Phi) is 8.02. The zero-order chi connectivity index (χ0) is 24.2. The molecule has 0 aliphatic carbocycles. The molecule has 2 aliphatic heterocycles. The lowest BCUT2D eigenvalue weighted by Crippen LogP contribution is -2.35. The van der Waals surface area contributed by atoms with Crippen LogP contribution in [-0.4, -0.2) is 58.2 Å². The minimum Gasteiger partial charge on any atom is -0.493 e. The van der Waals surface area contributed by atoms with Gasteiger partial charge in [0, 0.05) is 43.0 Å². The summed E-state index contributed by atoms with van der Waals surface area (Å²) >= 11 is 0. The molecule has 0 saturated carbocycles. The maximum atomic E-state index is 13.0. The molecule has 0 spiro atoms. The van der Waals surface area contributed by atoms with Gasteiger partial charge < -0.3 is 25.2 Å². The molecule has 3 N–H and O–H groups in total. The summed E-state index contributed by atoms with van der Waals surface area (Å²) in [4.78, 5) is 23.8. The molecule has 0 amide bonds. The SMILES string of the molecule is C.COc1ccc2cc1OCCCC(=O)[C@H]1C[C@@H](O)CN1Cc1cccc(c1)Nc1cc(ncn1)N2. The number of ketones is 1. The van der Waals surface area contributed by atoms with Gasteiger partial charge in [-0.25, -0.2) is 9.97 Å². The van der Waals surface area contributed by atoms with Crippen molar-refractivity contribution in [2.24, 2.45) is 0 Å². The number of aliphatic hydroxyl groups excluding tert-OH is 1. The van der Waals surface area contributed by atoms with Gasteiger partial charge in [-0.1, -0.05) is 19.6 Å². The number of fused-ring (bicyclic) bond motifs is 7. The van der Waals surface area contributed by atoms with Crippen LogP contribution in [0.3, 0.4) is 0 Å². The molecule has 0 radical (unpaired) electrons. The molecule has 0 unspecified atom stereocenters. The average Bonchev–Trinajstić information content (AvgIpc) is 3.22. The van der Waals surface area contributed by atoms with Gasteiger partial charge >= 0.3 is 0 Å². The first kappa shape index (κ1) is 25.4. The monoisotopic (exact) mass is 491 g/mol. The van der Waals surface area contributed by atoms with Crippen molar-refractivity contribution in [1.82, 2.24) is 14.9 Å². The predicted molar refractivity (Wildman–Crippen MR) is 139 cm³/mol. The molecule has 2 aromatic carbocycles. The van der Waals surface area contributed by atoms with Gasteiger partial charge in [0.05, 0.1) is 25.9 Å². The number of nitrogens with one attached hydrogen (secondary N) is 2. The van der Waals surface area contributed by atoms with E-state index < -0.39 is 6.10 Å². The molecule has 3 heterocycles. The molecule has 9 heteroatoms. The lowest BCUT2D eigenvalue weighted by Gasteiger charge is -2.23. The Morgan fingerprint density at radius 2 is 1.86 bits per heavy atom. The Balaban J connectivity index is 0.00000304. The topological polar surface area (TPSA) is 109 Å². The third kappa shape index (κ3) is 5.92. The van der Waals surface area contributed by atoms with Crippen LogP contribution in [0, 0.1) is 0 Å². The first-order valence-electron chi connectivity index (χ1n) is 11.8. The quantitative estimate of drug-likeness (QED) is 0.459. The Morgan fingerprint density at radius 1 is 1.08 bits per heavy atom. The van der Waals surface area contributed by atoms with Crippen molar-refractivity contribution < 1.29 is 19.4 Å². The van der Waals surface area contributed by atoms with Gasteiger partial charge in [0.2, 0.25) is 0 Å². The van der Waals surface area contributed by atoms with E-state index in [0.717, 1.165) is 16.9 Å². The first-order chi connectivity index (χ1) is 17.1. The van der Waals surface area contributed by atoms with E-state index in [1.165, 1.54) is 6.33 Å². The van der Waals surface area contributed by atoms with Crippen LogP contribution in [0.2, 0.25) is 0 Å². The van der Waals surface area contributed by atoms with E-state index in [-0.39, 0.29) is 19.3 Å². The number of methoxy groups -OCH3 is 1. The molecule has 3 aromatic rings. The van der Waals surface area contributed by atoms with E-state index in [4.69, 9.17) is 9.47 Å². The third-order valence-corrected chi connectivity index (χ3v) is 6.27. The van der Waals surface area contributed by atoms with Crippen molar-refractivity contribution in [2.45, 2.75) is 45.4 Å². The molecule has 36 heavy (non-hydrogen) atoms. The van der Waals surface area contributed by atoms with Crippen LogP contribution in [0.15, 0.2) is 54.9 Å². The molecular weight excluding hydrogens is 458 g/mol. The molecule has 2 aliphatic rings. The number of nitrogens with zero attached hydrogens (tertiary/aromatic N) is 3. The number of Topliss-reactive ketones (excluding diaryl/α,β-unsaturated/α-hetero) is 1. The number of hydrogen-bond donors (Lipinski definition) is 3. The van der Waals surface area contributed by atoms with Crippen LogP contribution in [-0.2, 0) is 11.3 Å². The fourth-order valence-electron chi connectivity index (χ4n) is 4.62. The number of carbonyl (C=O) groups is 1. The van der Waals surface area contributed by atoms with Gasteiger partial charge in [-0.3, -0.25) is 9.69 Å². The molecule has 1 saturated heterocycles. The Bertz CT molecular complexity index is 1200. The van der Waals surface area contributed by atoms with Gasteiger partial charge in [-0.05, 0) is 42.7 Å². The predicted octanol–water partition coefficient (Wildman–Crippen LogP) is 4.29. The van der Waals surface area contributed by atoms with Gasteiger partial charge in [0.15, 0.2) is 11.5 Å². The molecule has 190 valence electrons. The molecule has 2 atom stereocenters. The summed E-state index contributed by atoms with van der Waals surface area (Å²) in [7, 11) is 1.59. The number of rotatable bonds is 1. The maximum Gasteiger partial charge on any atom is 0.163 e. The largest absolute Gasteiger partial charge is 0.493 e. The standard InChI is InChI=1S/C26H29N5O4.CH4/c1-34-23-8-7-19-11-24(23)35-9-3-6-22(33)21-12-20(32)15-31(21)14-17-4-2-5-18(10-17)29-25-13-26(30-19)28-16-27-25;/h2,4-5,7-8,10-11,13,16,20-21,32H,3,6,9,12,14-15H2,1H3,(H2,27,28,29,30);1H4/t20-,21-;/m1./s1. The minimum absolute atomic E-state index is 0. The Morgan fingerprint density at radius 3 is 2.64 bits per heavy atom. The highest BCUT2D eigenvalue weighted by Crippen LogP contribution is 2.32. The number of carbonyl (C=O) groups excluding carboxylic acids is 1. The summed E-state index contributed by atoms with van der Waals surface area (Å²) in [5.74, 6) is 2.61. The number of aliphatic hydroxyl groups is 1. The highest BCUT2D eigenvalue weighted by Gasteiger charge is 2.35. The van der Waals surface area contributed by atoms with Crippen molar-refractivity contribution >= 4 is 28.8 Å². The van der Waals surface area contributed by atoms with Crippen LogP contribution >= 0.6 is 0 Å². The second-order valence-corrected chi connectivity index (χ2v) is 8.86. The van der Waals surface area contributed by atoms with Crippen LogP contribution < -0.4 is 20.1 Å². The first-order valence-corrected chi connectivity index (χ1v) is 11.8. The zero-order valence-electron chi connectivity index (χ0n) is 19.6. The van der Waals surface area contributed by atoms with E-state index in [2.05, 4.69) is 25.5 Å². The summed E-state index contributed by atoms with van der Waals surface area (Å²) in [6.45, 7) is 1.44. The van der Waals surface area contributed by atoms with E-state index in [1.54, 1.807) is 7.11 Å². The summed E-state index contributed by atoms with van der Waals surface area (Å²) in [6, 6.07) is 15.1. The number of anilines is 4. The summed E-state index contributed by atoms with van der Waals surface area (Å²) in [6.07, 6.45) is 2.42. The van der Waals surface area contributed by atoms with Crippen molar-refractivity contribution in [1.29, 1.82) is 0 Å².